The van der Waals surface area contributed by atoms with Crippen LogP contribution in [0.15, 0.2) is 60.9 Å². The lowest BCUT2D eigenvalue weighted by atomic mass is 10.0. The number of nitrogens with one attached hydrogen (secondary N) is 1. The number of rotatable bonds is 4. The fourth-order valence-corrected chi connectivity index (χ4v) is 3.15. The number of carbonyl (C=O) groups is 1. The molecule has 1 aromatic heterocycles. The Morgan fingerprint density at radius 2 is 1.96 bits per heavy atom. The molecule has 6 heteroatoms. The molecule has 1 N–H and O–H groups in total. The molecule has 1 amide bonds. The number of halogens is 2. The number of pyridine rings is 1. The molecule has 0 fully saturated rings. The monoisotopic (exact) mass is 366 g/mol. The molecule has 27 heavy (non-hydrogen) atoms. The van der Waals surface area contributed by atoms with Gasteiger partial charge in [-0.15, -0.1) is 0 Å². The van der Waals surface area contributed by atoms with E-state index in [1.807, 2.05) is 12.1 Å². The summed E-state index contributed by atoms with van der Waals surface area (Å²) in [6.07, 6.45) is 3.38. The largest absolute Gasteiger partial charge is 0.485 e. The molecule has 0 spiro atoms. The molecule has 0 saturated carbocycles. The summed E-state index contributed by atoms with van der Waals surface area (Å²) in [6.45, 7) is 0.156. The van der Waals surface area contributed by atoms with Gasteiger partial charge in [-0.05, 0) is 35.9 Å². The van der Waals surface area contributed by atoms with Gasteiger partial charge in [-0.2, -0.15) is 0 Å². The van der Waals surface area contributed by atoms with Crippen LogP contribution in [0.1, 0.15) is 15.9 Å². The lowest BCUT2D eigenvalue weighted by Gasteiger charge is -2.12. The van der Waals surface area contributed by atoms with E-state index in [0.717, 1.165) is 16.7 Å². The molecule has 0 saturated heterocycles. The highest BCUT2D eigenvalue weighted by atomic mass is 19.1. The van der Waals surface area contributed by atoms with Gasteiger partial charge >= 0.3 is 0 Å². The van der Waals surface area contributed by atoms with E-state index in [-0.39, 0.29) is 17.9 Å². The molecule has 1 unspecified atom stereocenters. The van der Waals surface area contributed by atoms with E-state index in [2.05, 4.69) is 10.3 Å². The first-order valence-corrected chi connectivity index (χ1v) is 8.54. The van der Waals surface area contributed by atoms with Crippen molar-refractivity contribution in [2.45, 2.75) is 12.5 Å². The van der Waals surface area contributed by atoms with Gasteiger partial charge in [0.05, 0.1) is 12.1 Å². The van der Waals surface area contributed by atoms with E-state index in [0.29, 0.717) is 6.42 Å². The predicted molar refractivity (Wildman–Crippen MR) is 96.5 cm³/mol. The van der Waals surface area contributed by atoms with E-state index in [4.69, 9.17) is 4.74 Å². The number of nitrogens with zero attached hydrogens (tertiary/aromatic N) is 1. The zero-order valence-corrected chi connectivity index (χ0v) is 14.3. The average molecular weight is 366 g/mol. The first kappa shape index (κ1) is 17.1. The van der Waals surface area contributed by atoms with E-state index in [9.17, 15) is 13.6 Å². The highest BCUT2D eigenvalue weighted by Gasteiger charge is 2.27. The van der Waals surface area contributed by atoms with E-state index in [1.165, 1.54) is 24.3 Å². The molecule has 3 aromatic rings. The first-order chi connectivity index (χ1) is 13.1. The molecule has 2 aromatic carbocycles. The summed E-state index contributed by atoms with van der Waals surface area (Å²) in [5, 5.41) is 2.65. The summed E-state index contributed by atoms with van der Waals surface area (Å²) in [5.41, 5.74) is 2.24. The topological polar surface area (TPSA) is 51.2 Å². The van der Waals surface area contributed by atoms with Crippen LogP contribution in [0.2, 0.25) is 0 Å². The minimum atomic E-state index is -0.585. The minimum absolute atomic E-state index is 0.0296. The number of benzene rings is 2. The van der Waals surface area contributed by atoms with Crippen molar-refractivity contribution in [3.05, 3.63) is 83.7 Å². The third-order valence-corrected chi connectivity index (χ3v) is 4.46. The van der Waals surface area contributed by atoms with E-state index < -0.39 is 23.6 Å². The maximum absolute atomic E-state index is 14.4. The maximum Gasteiger partial charge on any atom is 0.254 e. The quantitative estimate of drug-likeness (QED) is 0.765. The first-order valence-electron chi connectivity index (χ1n) is 8.54. The number of carbonyl (C=O) groups excluding carboxylic acids is 1. The third-order valence-electron chi connectivity index (χ3n) is 4.46. The molecule has 1 aliphatic rings. The zero-order chi connectivity index (χ0) is 18.8. The molecule has 4 nitrogen and oxygen atoms in total. The summed E-state index contributed by atoms with van der Waals surface area (Å²) in [4.78, 5) is 16.2. The van der Waals surface area contributed by atoms with Crippen LogP contribution in [0.4, 0.5) is 8.78 Å². The summed E-state index contributed by atoms with van der Waals surface area (Å²) in [7, 11) is 0. The van der Waals surface area contributed by atoms with Gasteiger partial charge in [-0.1, -0.05) is 18.2 Å². The number of ether oxygens (including phenoxy) is 1. The van der Waals surface area contributed by atoms with Gasteiger partial charge in [0.1, 0.15) is 11.9 Å². The van der Waals surface area contributed by atoms with Crippen molar-refractivity contribution in [1.82, 2.24) is 10.3 Å². The Morgan fingerprint density at radius 3 is 2.74 bits per heavy atom. The number of aromatic nitrogens is 1. The van der Waals surface area contributed by atoms with Crippen LogP contribution in [0.5, 0.6) is 5.75 Å². The summed E-state index contributed by atoms with van der Waals surface area (Å²) in [5.74, 6) is -1.36. The highest BCUT2D eigenvalue weighted by Crippen LogP contribution is 2.35. The zero-order valence-electron chi connectivity index (χ0n) is 14.3. The number of fused-ring (bicyclic) bond motifs is 1. The van der Waals surface area contributed by atoms with Gasteiger partial charge in [0.25, 0.3) is 5.91 Å². The second-order valence-electron chi connectivity index (χ2n) is 6.32. The van der Waals surface area contributed by atoms with Crippen LogP contribution in [-0.4, -0.2) is 23.5 Å². The highest BCUT2D eigenvalue weighted by molar-refractivity contribution is 5.94. The molecule has 4 rings (SSSR count). The van der Waals surface area contributed by atoms with E-state index >= 15 is 0 Å². The Labute approximate surface area is 154 Å². The molecular formula is C21H16F2N2O2. The van der Waals surface area contributed by atoms with Gasteiger partial charge in [0, 0.05) is 29.9 Å². The summed E-state index contributed by atoms with van der Waals surface area (Å²) in [6, 6.07) is 12.7. The predicted octanol–water partition coefficient (Wildman–Crippen LogP) is 3.76. The standard InChI is InChI=1S/C21H16F2N2O2/c22-18-6-2-1-5-17(18)21(26)25-12-16-9-15-8-14(10-19(23)20(15)27-16)13-4-3-7-24-11-13/h1-8,10-11,16H,9,12H2,(H,25,26). The lowest BCUT2D eigenvalue weighted by molar-refractivity contribution is 0.0929. The van der Waals surface area contributed by atoms with E-state index in [1.54, 1.807) is 24.5 Å². The third kappa shape index (κ3) is 3.51. The van der Waals surface area contributed by atoms with Crippen LogP contribution < -0.4 is 10.1 Å². The smallest absolute Gasteiger partial charge is 0.254 e. The van der Waals surface area contributed by atoms with Crippen LogP contribution in [0.25, 0.3) is 11.1 Å². The van der Waals surface area contributed by atoms with Gasteiger partial charge < -0.3 is 10.1 Å². The van der Waals surface area contributed by atoms with Crippen molar-refractivity contribution in [2.75, 3.05) is 6.54 Å². The fourth-order valence-electron chi connectivity index (χ4n) is 3.15. The van der Waals surface area contributed by atoms with Gasteiger partial charge in [-0.3, -0.25) is 9.78 Å². The molecule has 0 aliphatic carbocycles. The van der Waals surface area contributed by atoms with Gasteiger partial charge in [-0.25, -0.2) is 8.78 Å². The van der Waals surface area contributed by atoms with Gasteiger partial charge in [0.2, 0.25) is 0 Å². The maximum atomic E-state index is 14.4. The van der Waals surface area contributed by atoms with Crippen LogP contribution in [0.3, 0.4) is 0 Å². The normalized spacial score (nSPS) is 15.1. The molecule has 1 atom stereocenters. The minimum Gasteiger partial charge on any atom is -0.485 e. The fraction of sp³-hybridized carbons (Fsp3) is 0.143. The summed E-state index contributed by atoms with van der Waals surface area (Å²) >= 11 is 0. The Bertz CT molecular complexity index is 993. The Hall–Kier alpha value is -3.28. The molecular weight excluding hydrogens is 350 g/mol. The SMILES string of the molecule is O=C(NCC1Cc2cc(-c3cccnc3)cc(F)c2O1)c1ccccc1F. The molecule has 1 aliphatic heterocycles. The van der Waals surface area contributed by atoms with Crippen molar-refractivity contribution in [3.63, 3.8) is 0 Å². The van der Waals surface area contributed by atoms with Crippen molar-refractivity contribution in [3.8, 4) is 16.9 Å². The summed E-state index contributed by atoms with van der Waals surface area (Å²) < 4.78 is 33.8. The van der Waals surface area contributed by atoms with Crippen molar-refractivity contribution in [2.24, 2.45) is 0 Å². The van der Waals surface area contributed by atoms with Crippen molar-refractivity contribution >= 4 is 5.91 Å². The molecule has 0 radical (unpaired) electrons. The number of amides is 1. The Morgan fingerprint density at radius 1 is 1.11 bits per heavy atom. The van der Waals surface area contributed by atoms with Crippen molar-refractivity contribution < 1.29 is 18.3 Å². The Kier molecular flexibility index (Phi) is 4.54. The number of hydrogen-bond donors (Lipinski definition) is 1. The van der Waals surface area contributed by atoms with Gasteiger partial charge in [0.15, 0.2) is 11.6 Å². The molecule has 2 heterocycles. The second-order valence-corrected chi connectivity index (χ2v) is 6.32. The van der Waals surface area contributed by atoms with Crippen molar-refractivity contribution in [1.29, 1.82) is 0 Å². The molecule has 136 valence electrons. The van der Waals surface area contributed by atoms with Crippen LogP contribution in [0, 0.1) is 11.6 Å². The lowest BCUT2D eigenvalue weighted by Crippen LogP contribution is -2.34. The van der Waals surface area contributed by atoms with Crippen LogP contribution >= 0.6 is 0 Å². The number of hydrogen-bond acceptors (Lipinski definition) is 3. The Balaban J connectivity index is 1.46. The molecule has 0 bridgehead atoms. The van der Waals surface area contributed by atoms with Crippen LogP contribution in [-0.2, 0) is 6.42 Å². The average Bonchev–Trinajstić information content (AvgIpc) is 3.11. The second kappa shape index (κ2) is 7.15.